The second kappa shape index (κ2) is 6.06. The van der Waals surface area contributed by atoms with E-state index in [2.05, 4.69) is 0 Å². The van der Waals surface area contributed by atoms with Crippen LogP contribution in [0.5, 0.6) is 0 Å². The second-order valence-electron chi connectivity index (χ2n) is 4.84. The lowest BCUT2D eigenvalue weighted by Crippen LogP contribution is -2.27. The Balaban J connectivity index is 1.79. The maximum atomic E-state index is 12.9. The normalized spacial score (nSPS) is 16.8. The molecule has 0 unspecified atom stereocenters. The minimum absolute atomic E-state index is 0.158. The standard InChI is InChI=1S/C16H12FNO2S2/c1-10-2-7-13(21-10)8-14-15(19)18(16(20)22-14)9-11-3-5-12(17)6-4-11/h2-8H,9H2,1H3/b14-8+. The molecule has 0 saturated carbocycles. The topological polar surface area (TPSA) is 37.4 Å². The molecule has 2 aromatic rings. The van der Waals surface area contributed by atoms with Gasteiger partial charge in [-0.1, -0.05) is 12.1 Å². The number of hydrogen-bond donors (Lipinski definition) is 0. The zero-order valence-electron chi connectivity index (χ0n) is 11.7. The zero-order chi connectivity index (χ0) is 15.7. The van der Waals surface area contributed by atoms with Gasteiger partial charge in [-0.2, -0.15) is 0 Å². The molecule has 0 bridgehead atoms. The fourth-order valence-corrected chi connectivity index (χ4v) is 3.79. The summed E-state index contributed by atoms with van der Waals surface area (Å²) in [5.41, 5.74) is 0.719. The summed E-state index contributed by atoms with van der Waals surface area (Å²) >= 11 is 2.51. The molecule has 22 heavy (non-hydrogen) atoms. The molecule has 0 aliphatic carbocycles. The summed E-state index contributed by atoms with van der Waals surface area (Å²) in [5.74, 6) is -0.642. The Bertz CT molecular complexity index is 765. The summed E-state index contributed by atoms with van der Waals surface area (Å²) in [6.07, 6.45) is 1.74. The van der Waals surface area contributed by atoms with E-state index in [4.69, 9.17) is 0 Å². The number of benzene rings is 1. The highest BCUT2D eigenvalue weighted by molar-refractivity contribution is 8.18. The summed E-state index contributed by atoms with van der Waals surface area (Å²) in [7, 11) is 0. The first-order valence-electron chi connectivity index (χ1n) is 6.59. The molecule has 112 valence electrons. The van der Waals surface area contributed by atoms with Crippen molar-refractivity contribution >= 4 is 40.3 Å². The van der Waals surface area contributed by atoms with E-state index in [1.54, 1.807) is 29.5 Å². The minimum atomic E-state index is -0.342. The van der Waals surface area contributed by atoms with Gasteiger partial charge in [0, 0.05) is 9.75 Å². The SMILES string of the molecule is Cc1ccc(/C=C2/SC(=O)N(Cc3ccc(F)cc3)C2=O)s1. The van der Waals surface area contributed by atoms with Crippen LogP contribution >= 0.6 is 23.1 Å². The number of halogens is 1. The molecule has 1 aromatic heterocycles. The molecule has 1 aliphatic heterocycles. The lowest BCUT2D eigenvalue weighted by atomic mass is 10.2. The van der Waals surface area contributed by atoms with E-state index in [9.17, 15) is 14.0 Å². The highest BCUT2D eigenvalue weighted by atomic mass is 32.2. The summed E-state index contributed by atoms with van der Waals surface area (Å²) < 4.78 is 12.9. The molecule has 0 atom stereocenters. The smallest absolute Gasteiger partial charge is 0.268 e. The van der Waals surface area contributed by atoms with Crippen molar-refractivity contribution in [2.45, 2.75) is 13.5 Å². The van der Waals surface area contributed by atoms with E-state index in [1.807, 2.05) is 19.1 Å². The lowest BCUT2D eigenvalue weighted by molar-refractivity contribution is -0.123. The monoisotopic (exact) mass is 333 g/mol. The third kappa shape index (κ3) is 3.13. The van der Waals surface area contributed by atoms with Crippen LogP contribution in [0.4, 0.5) is 9.18 Å². The van der Waals surface area contributed by atoms with Gasteiger partial charge in [-0.25, -0.2) is 4.39 Å². The third-order valence-corrected chi connectivity index (χ3v) is 5.02. The largest absolute Gasteiger partial charge is 0.293 e. The summed E-state index contributed by atoms with van der Waals surface area (Å²) in [4.78, 5) is 28.1. The molecule has 1 aliphatic rings. The average Bonchev–Trinajstić information content (AvgIpc) is 3.00. The fourth-order valence-electron chi connectivity index (χ4n) is 2.07. The predicted molar refractivity (Wildman–Crippen MR) is 87.0 cm³/mol. The van der Waals surface area contributed by atoms with Crippen LogP contribution in [0.3, 0.4) is 0 Å². The Labute approximate surface area is 135 Å². The van der Waals surface area contributed by atoms with Crippen molar-refractivity contribution in [1.82, 2.24) is 4.90 Å². The lowest BCUT2D eigenvalue weighted by Gasteiger charge is -2.12. The van der Waals surface area contributed by atoms with Gasteiger partial charge in [0.05, 0.1) is 11.4 Å². The van der Waals surface area contributed by atoms with Crippen LogP contribution in [0.1, 0.15) is 15.3 Å². The maximum Gasteiger partial charge on any atom is 0.293 e. The fraction of sp³-hybridized carbons (Fsp3) is 0.125. The van der Waals surface area contributed by atoms with E-state index >= 15 is 0 Å². The van der Waals surface area contributed by atoms with Gasteiger partial charge >= 0.3 is 0 Å². The van der Waals surface area contributed by atoms with Crippen molar-refractivity contribution in [3.05, 3.63) is 62.4 Å². The first-order valence-corrected chi connectivity index (χ1v) is 8.22. The van der Waals surface area contributed by atoms with Crippen LogP contribution in [-0.2, 0) is 11.3 Å². The number of amides is 2. The predicted octanol–water partition coefficient (Wildman–Crippen LogP) is 4.43. The number of carbonyl (C=O) groups is 2. The number of thiophene rings is 1. The zero-order valence-corrected chi connectivity index (χ0v) is 13.3. The number of imide groups is 1. The quantitative estimate of drug-likeness (QED) is 0.780. The van der Waals surface area contributed by atoms with E-state index in [-0.39, 0.29) is 23.5 Å². The molecule has 6 heteroatoms. The van der Waals surface area contributed by atoms with E-state index in [1.165, 1.54) is 17.0 Å². The summed E-state index contributed by atoms with van der Waals surface area (Å²) in [5, 5.41) is -0.297. The van der Waals surface area contributed by atoms with Crippen molar-refractivity contribution in [3.63, 3.8) is 0 Å². The molecule has 3 nitrogen and oxygen atoms in total. The van der Waals surface area contributed by atoms with E-state index in [0.29, 0.717) is 4.91 Å². The third-order valence-electron chi connectivity index (χ3n) is 3.16. The van der Waals surface area contributed by atoms with Crippen molar-refractivity contribution in [3.8, 4) is 0 Å². The highest BCUT2D eigenvalue weighted by Crippen LogP contribution is 2.34. The molecule has 3 rings (SSSR count). The van der Waals surface area contributed by atoms with Crippen LogP contribution in [0, 0.1) is 12.7 Å². The van der Waals surface area contributed by atoms with E-state index in [0.717, 1.165) is 27.1 Å². The van der Waals surface area contributed by atoms with Gasteiger partial charge in [0.15, 0.2) is 0 Å². The maximum absolute atomic E-state index is 12.9. The molecule has 1 saturated heterocycles. The molecule has 0 spiro atoms. The Kier molecular flexibility index (Phi) is 4.13. The Morgan fingerprint density at radius 3 is 2.50 bits per heavy atom. The van der Waals surface area contributed by atoms with Crippen LogP contribution < -0.4 is 0 Å². The minimum Gasteiger partial charge on any atom is -0.268 e. The molecule has 0 N–H and O–H groups in total. The summed E-state index contributed by atoms with van der Waals surface area (Å²) in [6, 6.07) is 9.68. The number of aryl methyl sites for hydroxylation is 1. The number of nitrogens with zero attached hydrogens (tertiary/aromatic N) is 1. The first-order chi connectivity index (χ1) is 10.5. The second-order valence-corrected chi connectivity index (χ2v) is 7.16. The Morgan fingerprint density at radius 2 is 1.86 bits per heavy atom. The highest BCUT2D eigenvalue weighted by Gasteiger charge is 2.35. The molecular formula is C16H12FNO2S2. The average molecular weight is 333 g/mol. The number of rotatable bonds is 3. The Hall–Kier alpha value is -1.92. The van der Waals surface area contributed by atoms with Crippen LogP contribution in [0.2, 0.25) is 0 Å². The van der Waals surface area contributed by atoms with Crippen LogP contribution in [0.25, 0.3) is 6.08 Å². The van der Waals surface area contributed by atoms with Gasteiger partial charge in [0.2, 0.25) is 0 Å². The number of carbonyl (C=O) groups excluding carboxylic acids is 2. The van der Waals surface area contributed by atoms with Gasteiger partial charge in [-0.15, -0.1) is 11.3 Å². The van der Waals surface area contributed by atoms with Crippen molar-refractivity contribution < 1.29 is 14.0 Å². The molecule has 2 heterocycles. The van der Waals surface area contributed by atoms with Gasteiger partial charge in [-0.3, -0.25) is 14.5 Å². The molecule has 1 aromatic carbocycles. The van der Waals surface area contributed by atoms with Gasteiger partial charge in [0.1, 0.15) is 5.82 Å². The van der Waals surface area contributed by atoms with Crippen molar-refractivity contribution in [2.24, 2.45) is 0 Å². The van der Waals surface area contributed by atoms with Gasteiger partial charge < -0.3 is 0 Å². The van der Waals surface area contributed by atoms with Crippen LogP contribution in [-0.4, -0.2) is 16.0 Å². The molecule has 0 radical (unpaired) electrons. The molecule has 2 amide bonds. The number of hydrogen-bond acceptors (Lipinski definition) is 4. The van der Waals surface area contributed by atoms with Crippen molar-refractivity contribution in [1.29, 1.82) is 0 Å². The Morgan fingerprint density at radius 1 is 1.14 bits per heavy atom. The van der Waals surface area contributed by atoms with E-state index < -0.39 is 0 Å². The van der Waals surface area contributed by atoms with Gasteiger partial charge in [0.25, 0.3) is 11.1 Å². The summed E-state index contributed by atoms with van der Waals surface area (Å²) in [6.45, 7) is 2.15. The first kappa shape index (κ1) is 15.0. The van der Waals surface area contributed by atoms with Crippen molar-refractivity contribution in [2.75, 3.05) is 0 Å². The van der Waals surface area contributed by atoms with Gasteiger partial charge in [-0.05, 0) is 54.6 Å². The number of thioether (sulfide) groups is 1. The molecular weight excluding hydrogens is 321 g/mol. The van der Waals surface area contributed by atoms with Crippen LogP contribution in [0.15, 0.2) is 41.3 Å². The molecule has 1 fully saturated rings.